The molecule has 0 aliphatic carbocycles. The summed E-state index contributed by atoms with van der Waals surface area (Å²) in [6.07, 6.45) is 0. The van der Waals surface area contributed by atoms with Crippen molar-refractivity contribution in [3.8, 4) is 0 Å². The second kappa shape index (κ2) is 11.9. The van der Waals surface area contributed by atoms with Gasteiger partial charge in [-0.15, -0.1) is 0 Å². The van der Waals surface area contributed by atoms with Gasteiger partial charge in [-0.1, -0.05) is 19.9 Å². The molecule has 2 aliphatic heterocycles. The maximum atomic E-state index is 14.9. The van der Waals surface area contributed by atoms with E-state index in [4.69, 9.17) is 0 Å². The van der Waals surface area contributed by atoms with Gasteiger partial charge in [-0.05, 0) is 49.8 Å². The lowest BCUT2D eigenvalue weighted by Gasteiger charge is -2.34. The molecular formula is C27H36F2N6O2. The van der Waals surface area contributed by atoms with Crippen LogP contribution < -0.4 is 10.9 Å². The first kappa shape index (κ1) is 26.8. The second-order valence-corrected chi connectivity index (χ2v) is 9.55. The molecule has 200 valence electrons. The Morgan fingerprint density at radius 3 is 1.70 bits per heavy atom. The van der Waals surface area contributed by atoms with Gasteiger partial charge in [0.1, 0.15) is 5.69 Å². The first-order valence-electron chi connectivity index (χ1n) is 13.0. The molecule has 37 heavy (non-hydrogen) atoms. The fourth-order valence-electron chi connectivity index (χ4n) is 4.74. The lowest BCUT2D eigenvalue weighted by molar-refractivity contribution is 0.0636. The Bertz CT molecular complexity index is 1100. The molecule has 2 aliphatic rings. The Balaban J connectivity index is 1.42. The summed E-state index contributed by atoms with van der Waals surface area (Å²) < 4.78 is 29.8. The Labute approximate surface area is 217 Å². The number of piperazine rings is 2. The predicted molar refractivity (Wildman–Crippen MR) is 141 cm³/mol. The Morgan fingerprint density at radius 2 is 1.22 bits per heavy atom. The number of likely N-dealkylation sites (N-methyl/N-ethyl adjacent to an activating group) is 2. The number of hydrogen-bond donors (Lipinski definition) is 2. The van der Waals surface area contributed by atoms with Gasteiger partial charge in [0.25, 0.3) is 11.8 Å². The van der Waals surface area contributed by atoms with Crippen LogP contribution in [-0.2, 0) is 0 Å². The van der Waals surface area contributed by atoms with Crippen molar-refractivity contribution >= 4 is 23.2 Å². The van der Waals surface area contributed by atoms with Gasteiger partial charge in [-0.3, -0.25) is 15.0 Å². The molecular weight excluding hydrogens is 478 g/mol. The molecule has 0 bridgehead atoms. The number of anilines is 2. The molecule has 0 aromatic heterocycles. The zero-order chi connectivity index (χ0) is 26.5. The van der Waals surface area contributed by atoms with E-state index in [2.05, 4.69) is 34.5 Å². The van der Waals surface area contributed by atoms with Gasteiger partial charge >= 0.3 is 0 Å². The number of rotatable bonds is 7. The van der Waals surface area contributed by atoms with Gasteiger partial charge in [-0.2, -0.15) is 0 Å². The number of aryl methyl sites for hydroxylation is 1. The Kier molecular flexibility index (Phi) is 8.60. The molecule has 2 fully saturated rings. The topological polar surface area (TPSA) is 71.2 Å². The smallest absolute Gasteiger partial charge is 0.254 e. The first-order valence-corrected chi connectivity index (χ1v) is 13.0. The van der Waals surface area contributed by atoms with Gasteiger partial charge < -0.3 is 25.0 Å². The molecule has 0 spiro atoms. The Hall–Kier alpha value is -3.24. The summed E-state index contributed by atoms with van der Waals surface area (Å²) >= 11 is 0. The van der Waals surface area contributed by atoms with Crippen molar-refractivity contribution in [1.82, 2.24) is 19.6 Å². The third-order valence-electron chi connectivity index (χ3n) is 7.31. The predicted octanol–water partition coefficient (Wildman–Crippen LogP) is 3.27. The molecule has 2 saturated heterocycles. The SMILES string of the molecule is CCN1CCN(C(=O)c2cc(F)c(NNc3cc(C(=O)N4CCN(CC)CC4)ccc3C)c(F)c2)CC1. The summed E-state index contributed by atoms with van der Waals surface area (Å²) in [6, 6.07) is 7.36. The van der Waals surface area contributed by atoms with Gasteiger partial charge in [-0.25, -0.2) is 8.78 Å². The molecule has 0 atom stereocenters. The van der Waals surface area contributed by atoms with E-state index in [1.54, 1.807) is 23.1 Å². The first-order chi connectivity index (χ1) is 17.8. The summed E-state index contributed by atoms with van der Waals surface area (Å²) in [5.41, 5.74) is 6.87. The highest BCUT2D eigenvalue weighted by atomic mass is 19.1. The van der Waals surface area contributed by atoms with Crippen LogP contribution in [0.1, 0.15) is 40.1 Å². The summed E-state index contributed by atoms with van der Waals surface area (Å²) in [4.78, 5) is 33.8. The lowest BCUT2D eigenvalue weighted by atomic mass is 10.1. The third-order valence-corrected chi connectivity index (χ3v) is 7.31. The van der Waals surface area contributed by atoms with Crippen LogP contribution in [0.3, 0.4) is 0 Å². The normalized spacial score (nSPS) is 17.1. The van der Waals surface area contributed by atoms with E-state index in [0.29, 0.717) is 37.4 Å². The molecule has 0 unspecified atom stereocenters. The monoisotopic (exact) mass is 514 g/mol. The average molecular weight is 515 g/mol. The van der Waals surface area contributed by atoms with Crippen LogP contribution in [0.5, 0.6) is 0 Å². The van der Waals surface area contributed by atoms with Crippen molar-refractivity contribution in [2.24, 2.45) is 0 Å². The number of nitrogens with one attached hydrogen (secondary N) is 2. The molecule has 0 saturated carbocycles. The van der Waals surface area contributed by atoms with E-state index < -0.39 is 11.6 Å². The highest BCUT2D eigenvalue weighted by Gasteiger charge is 2.24. The highest BCUT2D eigenvalue weighted by molar-refractivity contribution is 5.96. The van der Waals surface area contributed by atoms with Crippen LogP contribution >= 0.6 is 0 Å². The van der Waals surface area contributed by atoms with Crippen LogP contribution in [0.15, 0.2) is 30.3 Å². The van der Waals surface area contributed by atoms with Crippen molar-refractivity contribution in [2.75, 3.05) is 76.3 Å². The van der Waals surface area contributed by atoms with Gasteiger partial charge in [0.2, 0.25) is 0 Å². The zero-order valence-corrected chi connectivity index (χ0v) is 21.8. The van der Waals surface area contributed by atoms with E-state index in [1.165, 1.54) is 0 Å². The van der Waals surface area contributed by atoms with Crippen molar-refractivity contribution in [2.45, 2.75) is 20.8 Å². The standard InChI is InChI=1S/C27H36F2N6O2/c1-4-32-8-12-34(13-9-32)26(36)20-7-6-19(3)24(18-20)30-31-25-22(28)16-21(17-23(25)29)27(37)35-14-10-33(5-2)11-15-35/h6-7,16-18,30-31H,4-5,8-15H2,1-3H3. The largest absolute Gasteiger partial charge is 0.336 e. The summed E-state index contributed by atoms with van der Waals surface area (Å²) in [5, 5.41) is 0. The minimum atomic E-state index is -0.873. The number of benzene rings is 2. The average Bonchev–Trinajstić information content (AvgIpc) is 2.92. The van der Waals surface area contributed by atoms with Crippen LogP contribution in [0.25, 0.3) is 0 Å². The molecule has 2 amide bonds. The van der Waals surface area contributed by atoms with E-state index in [1.807, 2.05) is 11.8 Å². The quantitative estimate of drug-likeness (QED) is 0.553. The van der Waals surface area contributed by atoms with Crippen LogP contribution in [0, 0.1) is 18.6 Å². The molecule has 2 aromatic rings. The molecule has 10 heteroatoms. The number of carbonyl (C=O) groups is 2. The Morgan fingerprint density at radius 1 is 0.730 bits per heavy atom. The van der Waals surface area contributed by atoms with Crippen LogP contribution in [0.2, 0.25) is 0 Å². The van der Waals surface area contributed by atoms with Gasteiger partial charge in [0.05, 0.1) is 5.69 Å². The number of halogens is 2. The molecule has 4 rings (SSSR count). The molecule has 0 radical (unpaired) electrons. The van der Waals surface area contributed by atoms with E-state index in [-0.39, 0.29) is 23.1 Å². The molecule has 2 aromatic carbocycles. The molecule has 8 nitrogen and oxygen atoms in total. The fraction of sp³-hybridized carbons (Fsp3) is 0.481. The van der Waals surface area contributed by atoms with Crippen molar-refractivity contribution in [1.29, 1.82) is 0 Å². The summed E-state index contributed by atoms with van der Waals surface area (Å²) in [6.45, 7) is 13.4. The van der Waals surface area contributed by atoms with Crippen molar-refractivity contribution in [3.63, 3.8) is 0 Å². The summed E-state index contributed by atoms with van der Waals surface area (Å²) in [7, 11) is 0. The number of nitrogens with zero attached hydrogens (tertiary/aromatic N) is 4. The lowest BCUT2D eigenvalue weighted by Crippen LogP contribution is -2.48. The third kappa shape index (κ3) is 6.19. The number of amides is 2. The van der Waals surface area contributed by atoms with Gasteiger partial charge in [0, 0.05) is 63.5 Å². The minimum absolute atomic E-state index is 0.0163. The number of carbonyl (C=O) groups excluding carboxylic acids is 2. The maximum Gasteiger partial charge on any atom is 0.254 e. The van der Waals surface area contributed by atoms with Crippen molar-refractivity contribution in [3.05, 3.63) is 58.7 Å². The maximum absolute atomic E-state index is 14.9. The van der Waals surface area contributed by atoms with E-state index >= 15 is 0 Å². The molecule has 2 heterocycles. The van der Waals surface area contributed by atoms with Crippen molar-refractivity contribution < 1.29 is 18.4 Å². The van der Waals surface area contributed by atoms with Crippen LogP contribution in [0.4, 0.5) is 20.2 Å². The number of hydrogen-bond acceptors (Lipinski definition) is 6. The van der Waals surface area contributed by atoms with E-state index in [0.717, 1.165) is 57.0 Å². The van der Waals surface area contributed by atoms with E-state index in [9.17, 15) is 18.4 Å². The number of hydrazine groups is 1. The minimum Gasteiger partial charge on any atom is -0.336 e. The second-order valence-electron chi connectivity index (χ2n) is 9.55. The fourth-order valence-corrected chi connectivity index (χ4v) is 4.74. The highest BCUT2D eigenvalue weighted by Crippen LogP contribution is 2.24. The van der Waals surface area contributed by atoms with Crippen LogP contribution in [-0.4, -0.2) is 96.9 Å². The van der Waals surface area contributed by atoms with Gasteiger partial charge in [0.15, 0.2) is 11.6 Å². The summed E-state index contributed by atoms with van der Waals surface area (Å²) in [5.74, 6) is -2.20. The zero-order valence-electron chi connectivity index (χ0n) is 21.8. The molecule has 2 N–H and O–H groups in total.